The molecule has 0 fully saturated rings. The van der Waals surface area contributed by atoms with Gasteiger partial charge in [-0.05, 0) is 35.3 Å². The van der Waals surface area contributed by atoms with Gasteiger partial charge in [0.15, 0.2) is 5.82 Å². The number of aryl methyl sites for hydroxylation is 1. The highest BCUT2D eigenvalue weighted by Crippen LogP contribution is 2.27. The molecule has 1 unspecified atom stereocenters. The molecule has 0 saturated carbocycles. The summed E-state index contributed by atoms with van der Waals surface area (Å²) in [5, 5.41) is 7.88. The van der Waals surface area contributed by atoms with Gasteiger partial charge in [0.1, 0.15) is 5.82 Å². The maximum atomic E-state index is 13.7. The predicted octanol–water partition coefficient (Wildman–Crippen LogP) is 4.63. The van der Waals surface area contributed by atoms with Crippen LogP contribution in [0.1, 0.15) is 30.6 Å². The van der Waals surface area contributed by atoms with Crippen LogP contribution in [0.3, 0.4) is 0 Å². The van der Waals surface area contributed by atoms with Crippen molar-refractivity contribution in [3.63, 3.8) is 0 Å². The standard InChI is InChI=1S/C14H14BrF2N3OS/c1-3-12-19-11(6-22-12)7(2)18-14(21)20-13-9(15)4-8(16)5-10(13)17/h4-7H,3H2,1-2H3,(H2,18,20,21). The molecule has 22 heavy (non-hydrogen) atoms. The first-order valence-electron chi connectivity index (χ1n) is 6.57. The lowest BCUT2D eigenvalue weighted by Gasteiger charge is -2.14. The summed E-state index contributed by atoms with van der Waals surface area (Å²) in [6.07, 6.45) is 0.831. The molecule has 1 aromatic heterocycles. The average molecular weight is 390 g/mol. The molecule has 0 radical (unpaired) electrons. The lowest BCUT2D eigenvalue weighted by atomic mass is 10.2. The molecular weight excluding hydrogens is 376 g/mol. The predicted molar refractivity (Wildman–Crippen MR) is 86.1 cm³/mol. The van der Waals surface area contributed by atoms with E-state index in [-0.39, 0.29) is 16.2 Å². The molecule has 2 aromatic rings. The molecule has 8 heteroatoms. The third-order valence-corrected chi connectivity index (χ3v) is 4.55. The number of carbonyl (C=O) groups excluding carboxylic acids is 1. The zero-order valence-corrected chi connectivity index (χ0v) is 14.3. The number of urea groups is 1. The molecule has 2 amide bonds. The topological polar surface area (TPSA) is 54.0 Å². The maximum absolute atomic E-state index is 13.7. The van der Waals surface area contributed by atoms with Crippen LogP contribution in [0.4, 0.5) is 19.3 Å². The van der Waals surface area contributed by atoms with Gasteiger partial charge in [0.25, 0.3) is 0 Å². The van der Waals surface area contributed by atoms with Crippen molar-refractivity contribution in [3.05, 3.63) is 44.3 Å². The summed E-state index contributed by atoms with van der Waals surface area (Å²) < 4.78 is 26.8. The number of thiazole rings is 1. The quantitative estimate of drug-likeness (QED) is 0.800. The van der Waals surface area contributed by atoms with Gasteiger partial charge in [0, 0.05) is 15.9 Å². The van der Waals surface area contributed by atoms with Crippen molar-refractivity contribution >= 4 is 39.0 Å². The zero-order valence-electron chi connectivity index (χ0n) is 11.9. The van der Waals surface area contributed by atoms with E-state index in [0.717, 1.165) is 23.2 Å². The molecule has 1 heterocycles. The highest BCUT2D eigenvalue weighted by atomic mass is 79.9. The van der Waals surface area contributed by atoms with Gasteiger partial charge in [-0.1, -0.05) is 6.92 Å². The summed E-state index contributed by atoms with van der Waals surface area (Å²) in [5.74, 6) is -1.57. The van der Waals surface area contributed by atoms with Crippen LogP contribution in [0.2, 0.25) is 0 Å². The Hall–Kier alpha value is -1.54. The summed E-state index contributed by atoms with van der Waals surface area (Å²) in [5.41, 5.74) is 0.634. The number of halogens is 3. The minimum absolute atomic E-state index is 0.112. The SMILES string of the molecule is CCc1nc(C(C)NC(=O)Nc2c(F)cc(F)cc2Br)cs1. The summed E-state index contributed by atoms with van der Waals surface area (Å²) in [6.45, 7) is 3.78. The monoisotopic (exact) mass is 389 g/mol. The largest absolute Gasteiger partial charge is 0.330 e. The smallest absolute Gasteiger partial charge is 0.319 e. The molecule has 4 nitrogen and oxygen atoms in total. The van der Waals surface area contributed by atoms with E-state index in [4.69, 9.17) is 0 Å². The number of hydrogen-bond donors (Lipinski definition) is 2. The van der Waals surface area contributed by atoms with Gasteiger partial charge in [-0.15, -0.1) is 11.3 Å². The third kappa shape index (κ3) is 4.01. The van der Waals surface area contributed by atoms with Gasteiger partial charge in [0.05, 0.1) is 22.4 Å². The van der Waals surface area contributed by atoms with E-state index in [2.05, 4.69) is 31.5 Å². The average Bonchev–Trinajstić information content (AvgIpc) is 2.91. The van der Waals surface area contributed by atoms with Crippen molar-refractivity contribution in [1.82, 2.24) is 10.3 Å². The van der Waals surface area contributed by atoms with E-state index in [1.54, 1.807) is 6.92 Å². The van der Waals surface area contributed by atoms with Gasteiger partial charge >= 0.3 is 6.03 Å². The summed E-state index contributed by atoms with van der Waals surface area (Å²) >= 11 is 4.54. The van der Waals surface area contributed by atoms with E-state index in [0.29, 0.717) is 6.07 Å². The maximum Gasteiger partial charge on any atom is 0.319 e. The molecule has 0 bridgehead atoms. The molecule has 118 valence electrons. The summed E-state index contributed by atoms with van der Waals surface area (Å²) in [7, 11) is 0. The molecule has 0 spiro atoms. The number of carbonyl (C=O) groups is 1. The number of amides is 2. The highest BCUT2D eigenvalue weighted by molar-refractivity contribution is 9.10. The molecule has 0 aliphatic rings. The van der Waals surface area contributed by atoms with Gasteiger partial charge in [-0.3, -0.25) is 0 Å². The molecule has 0 aliphatic heterocycles. The molecule has 0 aliphatic carbocycles. The third-order valence-electron chi connectivity index (χ3n) is 2.91. The first kappa shape index (κ1) is 16.8. The normalized spacial score (nSPS) is 12.0. The number of rotatable bonds is 4. The van der Waals surface area contributed by atoms with Crippen LogP contribution in [0.5, 0.6) is 0 Å². The number of anilines is 1. The molecule has 1 atom stereocenters. The first-order chi connectivity index (χ1) is 10.4. The summed E-state index contributed by atoms with van der Waals surface area (Å²) in [6, 6.07) is 0.872. The van der Waals surface area contributed by atoms with Crippen LogP contribution >= 0.6 is 27.3 Å². The van der Waals surface area contributed by atoms with Crippen LogP contribution in [0.15, 0.2) is 22.0 Å². The lowest BCUT2D eigenvalue weighted by Crippen LogP contribution is -2.31. The first-order valence-corrected chi connectivity index (χ1v) is 8.24. The molecular formula is C14H14BrF2N3OS. The summed E-state index contributed by atoms with van der Waals surface area (Å²) in [4.78, 5) is 16.3. The fourth-order valence-electron chi connectivity index (χ4n) is 1.77. The second kappa shape index (κ2) is 7.15. The highest BCUT2D eigenvalue weighted by Gasteiger charge is 2.16. The van der Waals surface area contributed by atoms with Crippen LogP contribution < -0.4 is 10.6 Å². The van der Waals surface area contributed by atoms with Crippen molar-refractivity contribution in [1.29, 1.82) is 0 Å². The van der Waals surface area contributed by atoms with E-state index < -0.39 is 17.7 Å². The van der Waals surface area contributed by atoms with Crippen molar-refractivity contribution in [2.75, 3.05) is 5.32 Å². The Balaban J connectivity index is 2.04. The molecule has 1 aromatic carbocycles. The minimum atomic E-state index is -0.850. The van der Waals surface area contributed by atoms with Gasteiger partial charge in [-0.25, -0.2) is 18.6 Å². The fraction of sp³-hybridized carbons (Fsp3) is 0.286. The number of aromatic nitrogens is 1. The number of nitrogens with one attached hydrogen (secondary N) is 2. The second-order valence-electron chi connectivity index (χ2n) is 4.58. The molecule has 2 rings (SSSR count). The zero-order chi connectivity index (χ0) is 16.3. The number of hydrogen-bond acceptors (Lipinski definition) is 3. The fourth-order valence-corrected chi connectivity index (χ4v) is 3.11. The van der Waals surface area contributed by atoms with Crippen molar-refractivity contribution in [2.24, 2.45) is 0 Å². The number of nitrogens with zero attached hydrogens (tertiary/aromatic N) is 1. The molecule has 0 saturated heterocycles. The van der Waals surface area contributed by atoms with Crippen LogP contribution in [0.25, 0.3) is 0 Å². The van der Waals surface area contributed by atoms with E-state index in [9.17, 15) is 13.6 Å². The van der Waals surface area contributed by atoms with Crippen LogP contribution in [-0.2, 0) is 6.42 Å². The Morgan fingerprint density at radius 3 is 2.77 bits per heavy atom. The Bertz CT molecular complexity index is 669. The van der Waals surface area contributed by atoms with Crippen molar-refractivity contribution in [2.45, 2.75) is 26.3 Å². The Kier molecular flexibility index (Phi) is 5.47. The van der Waals surface area contributed by atoms with Gasteiger partial charge in [0.2, 0.25) is 0 Å². The number of benzene rings is 1. The molecule has 2 N–H and O–H groups in total. The Labute approximate surface area is 139 Å². The van der Waals surface area contributed by atoms with E-state index in [1.807, 2.05) is 12.3 Å². The lowest BCUT2D eigenvalue weighted by molar-refractivity contribution is 0.249. The van der Waals surface area contributed by atoms with Crippen LogP contribution in [0, 0.1) is 11.6 Å². The van der Waals surface area contributed by atoms with Gasteiger partial charge in [-0.2, -0.15) is 0 Å². The minimum Gasteiger partial charge on any atom is -0.330 e. The van der Waals surface area contributed by atoms with E-state index >= 15 is 0 Å². The van der Waals surface area contributed by atoms with Gasteiger partial charge < -0.3 is 10.6 Å². The van der Waals surface area contributed by atoms with Crippen molar-refractivity contribution in [3.8, 4) is 0 Å². The Morgan fingerprint density at radius 1 is 1.45 bits per heavy atom. The second-order valence-corrected chi connectivity index (χ2v) is 6.38. The van der Waals surface area contributed by atoms with Crippen molar-refractivity contribution < 1.29 is 13.6 Å². The Morgan fingerprint density at radius 2 is 2.18 bits per heavy atom. The van der Waals surface area contributed by atoms with E-state index in [1.165, 1.54) is 11.3 Å². The van der Waals surface area contributed by atoms with Crippen LogP contribution in [-0.4, -0.2) is 11.0 Å².